The van der Waals surface area contributed by atoms with E-state index in [2.05, 4.69) is 33.7 Å². The normalized spacial score (nSPS) is 17.9. The van der Waals surface area contributed by atoms with E-state index < -0.39 is 0 Å². The average Bonchev–Trinajstić information content (AvgIpc) is 3.05. The van der Waals surface area contributed by atoms with Crippen LogP contribution in [-0.4, -0.2) is 25.8 Å². The quantitative estimate of drug-likeness (QED) is 0.731. The Morgan fingerprint density at radius 3 is 3.00 bits per heavy atom. The van der Waals surface area contributed by atoms with E-state index in [1.54, 1.807) is 0 Å². The summed E-state index contributed by atoms with van der Waals surface area (Å²) in [6, 6.07) is 14.3. The fraction of sp³-hybridized carbons (Fsp3) is 0.316. The zero-order valence-corrected chi connectivity index (χ0v) is 14.9. The highest BCUT2D eigenvalue weighted by molar-refractivity contribution is 8.00. The number of aromatic nitrogens is 3. The molecule has 0 bridgehead atoms. The minimum Gasteiger partial charge on any atom is -0.348 e. The average molecular weight is 352 g/mol. The predicted octanol–water partition coefficient (Wildman–Crippen LogP) is 3.40. The molecule has 0 saturated carbocycles. The minimum absolute atomic E-state index is 0.0411. The first-order chi connectivity index (χ1) is 12.2. The maximum Gasteiger partial charge on any atom is 0.233 e. The summed E-state index contributed by atoms with van der Waals surface area (Å²) in [7, 11) is 0. The monoisotopic (exact) mass is 352 g/mol. The lowest BCUT2D eigenvalue weighted by molar-refractivity contribution is -0.121. The van der Waals surface area contributed by atoms with Gasteiger partial charge in [0.15, 0.2) is 10.8 Å². The third kappa shape index (κ3) is 3.26. The smallest absolute Gasteiger partial charge is 0.233 e. The van der Waals surface area contributed by atoms with Gasteiger partial charge in [-0.3, -0.25) is 9.20 Å². The van der Waals surface area contributed by atoms with Crippen molar-refractivity contribution in [1.82, 2.24) is 19.9 Å². The zero-order valence-electron chi connectivity index (χ0n) is 14.1. The van der Waals surface area contributed by atoms with Crippen molar-refractivity contribution in [2.24, 2.45) is 0 Å². The number of pyridine rings is 1. The van der Waals surface area contributed by atoms with Crippen molar-refractivity contribution in [1.29, 1.82) is 0 Å². The van der Waals surface area contributed by atoms with Gasteiger partial charge in [0.2, 0.25) is 5.91 Å². The second-order valence-electron chi connectivity index (χ2n) is 6.32. The molecular formula is C19H20N4OS. The van der Waals surface area contributed by atoms with E-state index in [1.165, 1.54) is 22.9 Å². The molecule has 1 aliphatic carbocycles. The van der Waals surface area contributed by atoms with Crippen LogP contribution in [0.3, 0.4) is 0 Å². The largest absolute Gasteiger partial charge is 0.348 e. The van der Waals surface area contributed by atoms with E-state index in [-0.39, 0.29) is 17.2 Å². The third-order valence-corrected chi connectivity index (χ3v) is 5.68. The molecule has 6 heteroatoms. The Kier molecular flexibility index (Phi) is 4.44. The number of amides is 1. The van der Waals surface area contributed by atoms with E-state index >= 15 is 0 Å². The number of carbonyl (C=O) groups excluding carboxylic acids is 1. The van der Waals surface area contributed by atoms with Gasteiger partial charge >= 0.3 is 0 Å². The Labute approximate surface area is 150 Å². The van der Waals surface area contributed by atoms with Gasteiger partial charge in [-0.2, -0.15) is 0 Å². The van der Waals surface area contributed by atoms with E-state index in [4.69, 9.17) is 0 Å². The van der Waals surface area contributed by atoms with Crippen molar-refractivity contribution < 1.29 is 4.79 Å². The van der Waals surface area contributed by atoms with Crippen LogP contribution < -0.4 is 5.32 Å². The van der Waals surface area contributed by atoms with E-state index in [0.717, 1.165) is 30.1 Å². The lowest BCUT2D eigenvalue weighted by Crippen LogP contribution is -2.36. The number of rotatable bonds is 4. The molecule has 3 aromatic rings. The number of carbonyl (C=O) groups is 1. The zero-order chi connectivity index (χ0) is 17.2. The summed E-state index contributed by atoms with van der Waals surface area (Å²) in [4.78, 5) is 12.7. The van der Waals surface area contributed by atoms with Gasteiger partial charge in [0.1, 0.15) is 0 Å². The van der Waals surface area contributed by atoms with Gasteiger partial charge in [0, 0.05) is 6.20 Å². The molecule has 1 aliphatic rings. The number of thioether (sulfide) groups is 1. The molecular weight excluding hydrogens is 332 g/mol. The number of benzene rings is 1. The molecule has 4 rings (SSSR count). The SMILES string of the molecule is C[C@H](Sc1nnc2ccccn12)C(=O)N[C@H]1CCCc2ccccc21. The van der Waals surface area contributed by atoms with Crippen molar-refractivity contribution in [2.45, 2.75) is 42.6 Å². The minimum atomic E-state index is -0.235. The van der Waals surface area contributed by atoms with Crippen molar-refractivity contribution in [3.8, 4) is 0 Å². The maximum absolute atomic E-state index is 12.7. The Morgan fingerprint density at radius 1 is 1.24 bits per heavy atom. The maximum atomic E-state index is 12.7. The van der Waals surface area contributed by atoms with Gasteiger partial charge in [0.05, 0.1) is 11.3 Å². The highest BCUT2D eigenvalue weighted by Crippen LogP contribution is 2.30. The molecule has 25 heavy (non-hydrogen) atoms. The first kappa shape index (κ1) is 16.1. The summed E-state index contributed by atoms with van der Waals surface area (Å²) in [5.41, 5.74) is 3.40. The summed E-state index contributed by atoms with van der Waals surface area (Å²) in [6.45, 7) is 1.92. The third-order valence-electron chi connectivity index (χ3n) is 4.62. The molecule has 0 fully saturated rings. The van der Waals surface area contributed by atoms with Gasteiger partial charge in [-0.15, -0.1) is 10.2 Å². The molecule has 1 aromatic carbocycles. The molecule has 0 radical (unpaired) electrons. The molecule has 0 unspecified atom stereocenters. The topological polar surface area (TPSA) is 59.3 Å². The number of aryl methyl sites for hydroxylation is 1. The fourth-order valence-corrected chi connectivity index (χ4v) is 4.15. The highest BCUT2D eigenvalue weighted by atomic mass is 32.2. The van der Waals surface area contributed by atoms with Crippen LogP contribution in [0.5, 0.6) is 0 Å². The number of hydrogen-bond donors (Lipinski definition) is 1. The molecule has 1 amide bonds. The van der Waals surface area contributed by atoms with E-state index in [0.29, 0.717) is 0 Å². The van der Waals surface area contributed by atoms with Gasteiger partial charge in [-0.25, -0.2) is 0 Å². The molecule has 2 atom stereocenters. The fourth-order valence-electron chi connectivity index (χ4n) is 3.30. The van der Waals surface area contributed by atoms with Gasteiger partial charge in [0.25, 0.3) is 0 Å². The Morgan fingerprint density at radius 2 is 2.08 bits per heavy atom. The van der Waals surface area contributed by atoms with E-state index in [1.807, 2.05) is 41.8 Å². The van der Waals surface area contributed by atoms with Crippen LogP contribution in [0.25, 0.3) is 5.65 Å². The second-order valence-corrected chi connectivity index (χ2v) is 7.63. The molecule has 5 nitrogen and oxygen atoms in total. The van der Waals surface area contributed by atoms with E-state index in [9.17, 15) is 4.79 Å². The predicted molar refractivity (Wildman–Crippen MR) is 98.6 cm³/mol. The van der Waals surface area contributed by atoms with Crippen molar-refractivity contribution in [3.63, 3.8) is 0 Å². The number of fused-ring (bicyclic) bond motifs is 2. The molecule has 0 spiro atoms. The molecule has 2 aromatic heterocycles. The highest BCUT2D eigenvalue weighted by Gasteiger charge is 2.24. The number of hydrogen-bond acceptors (Lipinski definition) is 4. The van der Waals surface area contributed by atoms with Crippen LogP contribution in [0.1, 0.15) is 36.9 Å². The van der Waals surface area contributed by atoms with Crippen LogP contribution in [0.2, 0.25) is 0 Å². The van der Waals surface area contributed by atoms with Crippen LogP contribution in [0.4, 0.5) is 0 Å². The summed E-state index contributed by atoms with van der Waals surface area (Å²) in [5.74, 6) is 0.0411. The van der Waals surface area contributed by atoms with Crippen LogP contribution in [0, 0.1) is 0 Å². The van der Waals surface area contributed by atoms with Gasteiger partial charge < -0.3 is 5.32 Å². The van der Waals surface area contributed by atoms with Crippen LogP contribution in [-0.2, 0) is 11.2 Å². The first-order valence-corrected chi connectivity index (χ1v) is 9.45. The second kappa shape index (κ2) is 6.88. The molecule has 128 valence electrons. The lowest BCUT2D eigenvalue weighted by Gasteiger charge is -2.27. The standard InChI is InChI=1S/C19H20N4OS/c1-13(25-19-22-21-17-11-4-5-12-23(17)19)18(24)20-16-10-6-8-14-7-2-3-9-15(14)16/h2-5,7,9,11-13,16H,6,8,10H2,1H3,(H,20,24)/t13-,16-/m0/s1. The van der Waals surface area contributed by atoms with Gasteiger partial charge in [-0.05, 0) is 49.4 Å². The van der Waals surface area contributed by atoms with Crippen molar-refractivity contribution >= 4 is 23.3 Å². The summed E-state index contributed by atoms with van der Waals surface area (Å²) < 4.78 is 1.91. The van der Waals surface area contributed by atoms with Gasteiger partial charge in [-0.1, -0.05) is 42.1 Å². The Balaban J connectivity index is 1.46. The van der Waals surface area contributed by atoms with Crippen molar-refractivity contribution in [2.75, 3.05) is 0 Å². The first-order valence-electron chi connectivity index (χ1n) is 8.57. The molecule has 0 saturated heterocycles. The Hall–Kier alpha value is -2.34. The molecule has 1 N–H and O–H groups in total. The number of nitrogens with one attached hydrogen (secondary N) is 1. The van der Waals surface area contributed by atoms with Crippen molar-refractivity contribution in [3.05, 3.63) is 59.8 Å². The molecule has 2 heterocycles. The summed E-state index contributed by atoms with van der Waals surface area (Å²) in [5, 5.41) is 12.1. The number of nitrogens with zero attached hydrogens (tertiary/aromatic N) is 3. The Bertz CT molecular complexity index is 907. The van der Waals surface area contributed by atoms with Crippen LogP contribution >= 0.6 is 11.8 Å². The summed E-state index contributed by atoms with van der Waals surface area (Å²) >= 11 is 1.44. The lowest BCUT2D eigenvalue weighted by atomic mass is 9.88. The molecule has 0 aliphatic heterocycles. The summed E-state index contributed by atoms with van der Waals surface area (Å²) in [6.07, 6.45) is 5.12. The van der Waals surface area contributed by atoms with Crippen LogP contribution in [0.15, 0.2) is 53.8 Å².